The minimum atomic E-state index is -0.260. The lowest BCUT2D eigenvalue weighted by Crippen LogP contribution is -2.32. The van der Waals surface area contributed by atoms with Crippen LogP contribution in [0.3, 0.4) is 0 Å². The summed E-state index contributed by atoms with van der Waals surface area (Å²) in [6.45, 7) is 14.0. The van der Waals surface area contributed by atoms with E-state index in [9.17, 15) is 4.79 Å². The zero-order chi connectivity index (χ0) is 28.0. The van der Waals surface area contributed by atoms with Crippen molar-refractivity contribution in [3.05, 3.63) is 89.2 Å². The second kappa shape index (κ2) is 12.4. The molecule has 0 radical (unpaired) electrons. The van der Waals surface area contributed by atoms with E-state index < -0.39 is 0 Å². The molecule has 0 aliphatic heterocycles. The van der Waals surface area contributed by atoms with E-state index in [1.807, 2.05) is 57.2 Å². The molecular weight excluding hydrogens is 486 g/mol. The maximum atomic E-state index is 12.7. The molecule has 0 saturated carbocycles. The van der Waals surface area contributed by atoms with Crippen LogP contribution in [0.4, 0.5) is 0 Å². The number of fused-ring (bicyclic) bond motifs is 1. The highest BCUT2D eigenvalue weighted by Crippen LogP contribution is 2.25. The summed E-state index contributed by atoms with van der Waals surface area (Å²) in [6, 6.07) is 22.2. The van der Waals surface area contributed by atoms with E-state index in [0.717, 1.165) is 58.9 Å². The standard InChI is InChI=1S/C33H41N3O3/c1-23-13-14-24(2)30(21-23)39-22-31(37)34-25(3)32-35-28-11-7-8-12-29(28)36(32)19-9-10-20-38-27-17-15-26(16-18-27)33(4,5)6/h7-8,11-18,21,25H,9-10,19-20,22H2,1-6H3,(H,34,37). The van der Waals surface area contributed by atoms with Gasteiger partial charge in [-0.05, 0) is 86.1 Å². The number of benzene rings is 3. The first-order chi connectivity index (χ1) is 18.6. The van der Waals surface area contributed by atoms with Gasteiger partial charge in [0, 0.05) is 6.54 Å². The van der Waals surface area contributed by atoms with Crippen LogP contribution in [-0.2, 0) is 16.8 Å². The molecule has 3 aromatic carbocycles. The van der Waals surface area contributed by atoms with E-state index in [2.05, 4.69) is 61.0 Å². The number of hydrogen-bond acceptors (Lipinski definition) is 4. The highest BCUT2D eigenvalue weighted by atomic mass is 16.5. The predicted octanol–water partition coefficient (Wildman–Crippen LogP) is 7.07. The fraction of sp³-hybridized carbons (Fsp3) is 0.394. The predicted molar refractivity (Wildman–Crippen MR) is 158 cm³/mol. The molecule has 0 spiro atoms. The van der Waals surface area contributed by atoms with Crippen LogP contribution >= 0.6 is 0 Å². The van der Waals surface area contributed by atoms with Crippen LogP contribution in [0.1, 0.15) is 69.1 Å². The quantitative estimate of drug-likeness (QED) is 0.212. The lowest BCUT2D eigenvalue weighted by Gasteiger charge is -2.19. The number of hydrogen-bond donors (Lipinski definition) is 1. The lowest BCUT2D eigenvalue weighted by molar-refractivity contribution is -0.123. The van der Waals surface area contributed by atoms with E-state index >= 15 is 0 Å². The molecular formula is C33H41N3O3. The average molecular weight is 528 g/mol. The molecule has 39 heavy (non-hydrogen) atoms. The molecule has 1 unspecified atom stereocenters. The van der Waals surface area contributed by atoms with Gasteiger partial charge in [-0.3, -0.25) is 4.79 Å². The molecule has 0 bridgehead atoms. The highest BCUT2D eigenvalue weighted by molar-refractivity contribution is 5.79. The number of nitrogens with one attached hydrogen (secondary N) is 1. The minimum Gasteiger partial charge on any atom is -0.494 e. The number of carbonyl (C=O) groups excluding carboxylic acids is 1. The number of unbranched alkanes of at least 4 members (excludes halogenated alkanes) is 1. The SMILES string of the molecule is Cc1ccc(C)c(OCC(=O)NC(C)c2nc3ccccc3n2CCCCOc2ccc(C(C)(C)C)cc2)c1. The van der Waals surface area contributed by atoms with Gasteiger partial charge in [-0.2, -0.15) is 0 Å². The van der Waals surface area contributed by atoms with Crippen LogP contribution in [-0.4, -0.2) is 28.7 Å². The van der Waals surface area contributed by atoms with E-state index in [0.29, 0.717) is 6.61 Å². The number of imidazole rings is 1. The summed E-state index contributed by atoms with van der Waals surface area (Å²) >= 11 is 0. The summed E-state index contributed by atoms with van der Waals surface area (Å²) in [7, 11) is 0. The molecule has 6 heteroatoms. The Morgan fingerprint density at radius 2 is 1.72 bits per heavy atom. The van der Waals surface area contributed by atoms with Gasteiger partial charge in [0.1, 0.15) is 17.3 Å². The summed E-state index contributed by atoms with van der Waals surface area (Å²) in [4.78, 5) is 17.6. The summed E-state index contributed by atoms with van der Waals surface area (Å²) in [5, 5.41) is 3.07. The molecule has 1 amide bonds. The molecule has 6 nitrogen and oxygen atoms in total. The van der Waals surface area contributed by atoms with Crippen molar-refractivity contribution in [3.63, 3.8) is 0 Å². The molecule has 1 N–H and O–H groups in total. The van der Waals surface area contributed by atoms with Gasteiger partial charge in [-0.15, -0.1) is 0 Å². The van der Waals surface area contributed by atoms with Crippen molar-refractivity contribution in [2.24, 2.45) is 0 Å². The molecule has 1 atom stereocenters. The molecule has 0 aliphatic carbocycles. The number of aryl methyl sites for hydroxylation is 3. The second-order valence-electron chi connectivity index (χ2n) is 11.3. The lowest BCUT2D eigenvalue weighted by atomic mass is 9.87. The zero-order valence-corrected chi connectivity index (χ0v) is 24.1. The van der Waals surface area contributed by atoms with Gasteiger partial charge in [0.05, 0.1) is 23.7 Å². The van der Waals surface area contributed by atoms with E-state index in [-0.39, 0.29) is 24.0 Å². The zero-order valence-electron chi connectivity index (χ0n) is 24.1. The monoisotopic (exact) mass is 527 g/mol. The van der Waals surface area contributed by atoms with Crippen molar-refractivity contribution >= 4 is 16.9 Å². The fourth-order valence-electron chi connectivity index (χ4n) is 4.63. The number of amides is 1. The van der Waals surface area contributed by atoms with Crippen LogP contribution in [0.5, 0.6) is 11.5 Å². The van der Waals surface area contributed by atoms with Crippen molar-refractivity contribution in [2.45, 2.75) is 72.4 Å². The normalized spacial score (nSPS) is 12.4. The topological polar surface area (TPSA) is 65.4 Å². The Hall–Kier alpha value is -3.80. The van der Waals surface area contributed by atoms with E-state index in [1.165, 1.54) is 5.56 Å². The first kappa shape index (κ1) is 28.2. The van der Waals surface area contributed by atoms with Crippen molar-refractivity contribution in [1.82, 2.24) is 14.9 Å². The highest BCUT2D eigenvalue weighted by Gasteiger charge is 2.19. The maximum absolute atomic E-state index is 12.7. The van der Waals surface area contributed by atoms with Gasteiger partial charge in [0.25, 0.3) is 5.91 Å². The van der Waals surface area contributed by atoms with Crippen molar-refractivity contribution in [3.8, 4) is 11.5 Å². The fourth-order valence-corrected chi connectivity index (χ4v) is 4.63. The molecule has 1 heterocycles. The average Bonchev–Trinajstić information content (AvgIpc) is 3.27. The van der Waals surface area contributed by atoms with Crippen LogP contribution in [0.15, 0.2) is 66.7 Å². The van der Waals surface area contributed by atoms with Gasteiger partial charge in [0.2, 0.25) is 0 Å². The molecule has 206 valence electrons. The number of para-hydroxylation sites is 2. The number of ether oxygens (including phenoxy) is 2. The van der Waals surface area contributed by atoms with Crippen LogP contribution in [0.2, 0.25) is 0 Å². The summed E-state index contributed by atoms with van der Waals surface area (Å²) in [5.41, 5.74) is 5.53. The Morgan fingerprint density at radius 1 is 0.974 bits per heavy atom. The summed E-state index contributed by atoms with van der Waals surface area (Å²) in [6.07, 6.45) is 1.85. The molecule has 1 aromatic heterocycles. The summed E-state index contributed by atoms with van der Waals surface area (Å²) in [5.74, 6) is 2.30. The third-order valence-electron chi connectivity index (χ3n) is 6.92. The molecule has 4 aromatic rings. The smallest absolute Gasteiger partial charge is 0.258 e. The number of aromatic nitrogens is 2. The minimum absolute atomic E-state index is 0.0388. The number of rotatable bonds is 11. The van der Waals surface area contributed by atoms with Crippen molar-refractivity contribution in [1.29, 1.82) is 0 Å². The van der Waals surface area contributed by atoms with Gasteiger partial charge in [0.15, 0.2) is 6.61 Å². The van der Waals surface area contributed by atoms with Gasteiger partial charge in [-0.25, -0.2) is 4.98 Å². The van der Waals surface area contributed by atoms with Crippen molar-refractivity contribution in [2.75, 3.05) is 13.2 Å². The van der Waals surface area contributed by atoms with Crippen LogP contribution < -0.4 is 14.8 Å². The van der Waals surface area contributed by atoms with E-state index in [4.69, 9.17) is 14.5 Å². The second-order valence-corrected chi connectivity index (χ2v) is 11.3. The molecule has 4 rings (SSSR count). The van der Waals surface area contributed by atoms with Gasteiger partial charge < -0.3 is 19.4 Å². The maximum Gasteiger partial charge on any atom is 0.258 e. The van der Waals surface area contributed by atoms with Crippen LogP contribution in [0, 0.1) is 13.8 Å². The first-order valence-electron chi connectivity index (χ1n) is 13.8. The largest absolute Gasteiger partial charge is 0.494 e. The molecule has 0 fully saturated rings. The number of carbonyl (C=O) groups is 1. The Kier molecular flexibility index (Phi) is 8.95. The third kappa shape index (κ3) is 7.41. The number of nitrogens with zero attached hydrogens (tertiary/aromatic N) is 2. The van der Waals surface area contributed by atoms with Gasteiger partial charge in [-0.1, -0.05) is 57.2 Å². The van der Waals surface area contributed by atoms with Gasteiger partial charge >= 0.3 is 0 Å². The molecule has 0 aliphatic rings. The molecule has 0 saturated heterocycles. The van der Waals surface area contributed by atoms with E-state index in [1.54, 1.807) is 0 Å². The first-order valence-corrected chi connectivity index (χ1v) is 13.8. The third-order valence-corrected chi connectivity index (χ3v) is 6.92. The Bertz CT molecular complexity index is 1400. The Morgan fingerprint density at radius 3 is 2.46 bits per heavy atom. The van der Waals surface area contributed by atoms with Crippen molar-refractivity contribution < 1.29 is 14.3 Å². The Labute approximate surface area is 232 Å². The summed E-state index contributed by atoms with van der Waals surface area (Å²) < 4.78 is 14.0. The van der Waals surface area contributed by atoms with Crippen LogP contribution in [0.25, 0.3) is 11.0 Å². The Balaban J connectivity index is 1.34.